The Balaban J connectivity index is 2.13. The van der Waals surface area contributed by atoms with Gasteiger partial charge in [0, 0.05) is 19.7 Å². The molecule has 0 bridgehead atoms. The molecule has 1 N–H and O–H groups in total. The molecule has 1 aliphatic carbocycles. The summed E-state index contributed by atoms with van der Waals surface area (Å²) in [5, 5.41) is 10.4. The number of methoxy groups -OCH3 is 1. The molecule has 18 heavy (non-hydrogen) atoms. The van der Waals surface area contributed by atoms with Gasteiger partial charge in [0.15, 0.2) is 5.13 Å². The van der Waals surface area contributed by atoms with E-state index in [4.69, 9.17) is 4.74 Å². The summed E-state index contributed by atoms with van der Waals surface area (Å²) in [6.07, 6.45) is 4.95. The molecule has 0 aromatic carbocycles. The van der Waals surface area contributed by atoms with Crippen LogP contribution in [0.2, 0.25) is 0 Å². The molecule has 0 radical (unpaired) electrons. The molecule has 1 aromatic heterocycles. The van der Waals surface area contributed by atoms with Crippen LogP contribution in [-0.4, -0.2) is 29.8 Å². The summed E-state index contributed by atoms with van der Waals surface area (Å²) in [5.74, 6) is 0. The molecule has 0 saturated heterocycles. The second-order valence-electron chi connectivity index (χ2n) is 4.74. The predicted molar refractivity (Wildman–Crippen MR) is 74.0 cm³/mol. The van der Waals surface area contributed by atoms with E-state index in [1.807, 2.05) is 0 Å². The van der Waals surface area contributed by atoms with Crippen LogP contribution >= 0.6 is 11.3 Å². The second kappa shape index (κ2) is 6.50. The minimum absolute atomic E-state index is 0.0582. The molecule has 2 rings (SSSR count). The Morgan fingerprint density at radius 1 is 1.50 bits per heavy atom. The Bertz CT molecular complexity index is 377. The number of unbranched alkanes of at least 4 members (excludes halogenated alkanes) is 1. The van der Waals surface area contributed by atoms with Gasteiger partial charge in [-0.05, 0) is 19.3 Å². The van der Waals surface area contributed by atoms with Gasteiger partial charge in [-0.3, -0.25) is 0 Å². The van der Waals surface area contributed by atoms with E-state index in [-0.39, 0.29) is 6.61 Å². The Labute approximate surface area is 113 Å². The van der Waals surface area contributed by atoms with Crippen LogP contribution in [0.25, 0.3) is 0 Å². The van der Waals surface area contributed by atoms with E-state index in [0.29, 0.717) is 12.6 Å². The topological polar surface area (TPSA) is 45.6 Å². The van der Waals surface area contributed by atoms with Crippen LogP contribution in [0.5, 0.6) is 0 Å². The quantitative estimate of drug-likeness (QED) is 0.788. The average Bonchev–Trinajstić information content (AvgIpc) is 3.12. The van der Waals surface area contributed by atoms with E-state index in [1.54, 1.807) is 18.4 Å². The highest BCUT2D eigenvalue weighted by Crippen LogP contribution is 2.35. The standard InChI is InChI=1S/C13H22N2O2S/c1-3-4-7-15(10-5-6-10)13-14-11(9-17-2)12(8-16)18-13/h10,16H,3-9H2,1-2H3. The molecular formula is C13H22N2O2S. The summed E-state index contributed by atoms with van der Waals surface area (Å²) in [7, 11) is 1.66. The van der Waals surface area contributed by atoms with Gasteiger partial charge >= 0.3 is 0 Å². The lowest BCUT2D eigenvalue weighted by molar-refractivity contribution is 0.179. The number of aliphatic hydroxyl groups is 1. The normalized spacial score (nSPS) is 15.1. The molecule has 102 valence electrons. The monoisotopic (exact) mass is 270 g/mol. The molecule has 4 nitrogen and oxygen atoms in total. The van der Waals surface area contributed by atoms with Gasteiger partial charge in [0.2, 0.25) is 0 Å². The number of hydrogen-bond acceptors (Lipinski definition) is 5. The summed E-state index contributed by atoms with van der Waals surface area (Å²) in [5.41, 5.74) is 0.891. The van der Waals surface area contributed by atoms with E-state index in [0.717, 1.165) is 22.2 Å². The first-order valence-corrected chi connectivity index (χ1v) is 7.46. The van der Waals surface area contributed by atoms with Gasteiger partial charge in [-0.25, -0.2) is 4.98 Å². The van der Waals surface area contributed by atoms with Crippen molar-refractivity contribution >= 4 is 16.5 Å². The molecule has 1 saturated carbocycles. The van der Waals surface area contributed by atoms with Crippen molar-refractivity contribution in [2.75, 3.05) is 18.6 Å². The number of ether oxygens (including phenoxy) is 1. The van der Waals surface area contributed by atoms with Gasteiger partial charge < -0.3 is 14.7 Å². The maximum Gasteiger partial charge on any atom is 0.186 e. The molecule has 0 unspecified atom stereocenters. The fourth-order valence-corrected chi connectivity index (χ4v) is 3.04. The molecule has 0 amide bonds. The maximum atomic E-state index is 9.37. The Kier molecular flexibility index (Phi) is 4.97. The summed E-state index contributed by atoms with van der Waals surface area (Å²) >= 11 is 1.61. The minimum Gasteiger partial charge on any atom is -0.391 e. The van der Waals surface area contributed by atoms with E-state index >= 15 is 0 Å². The molecule has 5 heteroatoms. The van der Waals surface area contributed by atoms with E-state index in [2.05, 4.69) is 16.8 Å². The van der Waals surface area contributed by atoms with Crippen molar-refractivity contribution < 1.29 is 9.84 Å². The van der Waals surface area contributed by atoms with Crippen LogP contribution < -0.4 is 4.90 Å². The molecule has 1 fully saturated rings. The number of aliphatic hydroxyl groups excluding tert-OH is 1. The van der Waals surface area contributed by atoms with Crippen LogP contribution in [-0.2, 0) is 18.0 Å². The zero-order valence-electron chi connectivity index (χ0n) is 11.2. The molecule has 0 atom stereocenters. The first-order valence-electron chi connectivity index (χ1n) is 6.65. The minimum atomic E-state index is 0.0582. The second-order valence-corrected chi connectivity index (χ2v) is 5.80. The van der Waals surface area contributed by atoms with Gasteiger partial charge in [-0.2, -0.15) is 0 Å². The summed E-state index contributed by atoms with van der Waals surface area (Å²) in [4.78, 5) is 7.99. The highest BCUT2D eigenvalue weighted by Gasteiger charge is 2.31. The lowest BCUT2D eigenvalue weighted by Gasteiger charge is -2.20. The van der Waals surface area contributed by atoms with Gasteiger partial charge in [0.25, 0.3) is 0 Å². The van der Waals surface area contributed by atoms with Crippen LogP contribution in [0.4, 0.5) is 5.13 Å². The lowest BCUT2D eigenvalue weighted by Crippen LogP contribution is -2.26. The SMILES string of the molecule is CCCCN(c1nc(COC)c(CO)s1)C1CC1. The summed E-state index contributed by atoms with van der Waals surface area (Å²) in [6, 6.07) is 0.671. The van der Waals surface area contributed by atoms with Crippen molar-refractivity contribution in [3.05, 3.63) is 10.6 Å². The number of aromatic nitrogens is 1. The van der Waals surface area contributed by atoms with Crippen LogP contribution in [0.1, 0.15) is 43.2 Å². The zero-order chi connectivity index (χ0) is 13.0. The van der Waals surface area contributed by atoms with Gasteiger partial charge in [0.05, 0.1) is 23.8 Å². The Morgan fingerprint density at radius 2 is 2.28 bits per heavy atom. The zero-order valence-corrected chi connectivity index (χ0v) is 12.0. The van der Waals surface area contributed by atoms with Crippen LogP contribution in [0.15, 0.2) is 0 Å². The van der Waals surface area contributed by atoms with Crippen LogP contribution in [0.3, 0.4) is 0 Å². The third-order valence-electron chi connectivity index (χ3n) is 3.18. The molecule has 0 spiro atoms. The van der Waals surface area contributed by atoms with Crippen molar-refractivity contribution in [3.63, 3.8) is 0 Å². The van der Waals surface area contributed by atoms with Crippen molar-refractivity contribution in [1.29, 1.82) is 0 Å². The summed E-state index contributed by atoms with van der Waals surface area (Å²) < 4.78 is 5.14. The smallest absolute Gasteiger partial charge is 0.186 e. The number of rotatable bonds is 8. The van der Waals surface area contributed by atoms with Crippen molar-refractivity contribution in [3.8, 4) is 0 Å². The number of thiazole rings is 1. The van der Waals surface area contributed by atoms with Crippen LogP contribution in [0, 0.1) is 0 Å². The Hall–Kier alpha value is -0.650. The van der Waals surface area contributed by atoms with Crippen molar-refractivity contribution in [1.82, 2.24) is 4.98 Å². The highest BCUT2D eigenvalue weighted by molar-refractivity contribution is 7.15. The highest BCUT2D eigenvalue weighted by atomic mass is 32.1. The van der Waals surface area contributed by atoms with Gasteiger partial charge in [-0.1, -0.05) is 24.7 Å². The first-order chi connectivity index (χ1) is 8.80. The van der Waals surface area contributed by atoms with E-state index < -0.39 is 0 Å². The van der Waals surface area contributed by atoms with Gasteiger partial charge in [-0.15, -0.1) is 0 Å². The van der Waals surface area contributed by atoms with Crippen molar-refractivity contribution in [2.45, 2.75) is 51.9 Å². The average molecular weight is 270 g/mol. The fraction of sp³-hybridized carbons (Fsp3) is 0.769. The molecular weight excluding hydrogens is 248 g/mol. The van der Waals surface area contributed by atoms with Crippen molar-refractivity contribution in [2.24, 2.45) is 0 Å². The number of anilines is 1. The molecule has 1 aliphatic rings. The third kappa shape index (κ3) is 3.22. The maximum absolute atomic E-state index is 9.37. The number of hydrogen-bond donors (Lipinski definition) is 1. The molecule has 0 aliphatic heterocycles. The van der Waals surface area contributed by atoms with E-state index in [9.17, 15) is 5.11 Å². The van der Waals surface area contributed by atoms with E-state index in [1.165, 1.54) is 25.7 Å². The largest absolute Gasteiger partial charge is 0.391 e. The molecule has 1 heterocycles. The Morgan fingerprint density at radius 3 is 2.83 bits per heavy atom. The third-order valence-corrected chi connectivity index (χ3v) is 4.30. The fourth-order valence-electron chi connectivity index (χ4n) is 2.01. The summed E-state index contributed by atoms with van der Waals surface area (Å²) in [6.45, 7) is 3.83. The molecule has 1 aromatic rings. The lowest BCUT2D eigenvalue weighted by atomic mass is 10.3. The predicted octanol–water partition coefficient (Wildman–Crippen LogP) is 2.55. The number of nitrogens with zero attached hydrogens (tertiary/aromatic N) is 2. The first kappa shape index (κ1) is 13.8. The van der Waals surface area contributed by atoms with Gasteiger partial charge in [0.1, 0.15) is 0 Å².